The zero-order chi connectivity index (χ0) is 15.8. The highest BCUT2D eigenvalue weighted by Crippen LogP contribution is 2.22. The van der Waals surface area contributed by atoms with Crippen LogP contribution in [0.2, 0.25) is 0 Å². The minimum absolute atomic E-state index is 0.280. The fourth-order valence-electron chi connectivity index (χ4n) is 1.76. The molecule has 0 aliphatic rings. The highest BCUT2D eigenvalue weighted by atomic mass is 16.5. The van der Waals surface area contributed by atoms with Crippen molar-refractivity contribution < 1.29 is 14.3 Å². The van der Waals surface area contributed by atoms with E-state index in [4.69, 9.17) is 10.5 Å². The van der Waals surface area contributed by atoms with Gasteiger partial charge in [0.1, 0.15) is 0 Å². The number of esters is 1. The van der Waals surface area contributed by atoms with Crippen LogP contribution in [0.25, 0.3) is 0 Å². The quantitative estimate of drug-likeness (QED) is 0.451. The van der Waals surface area contributed by atoms with Crippen LogP contribution in [0.4, 0.5) is 11.4 Å². The Hall–Kier alpha value is -2.24. The first-order chi connectivity index (χ1) is 9.95. The first kappa shape index (κ1) is 16.8. The van der Waals surface area contributed by atoms with Gasteiger partial charge in [0.05, 0.1) is 16.9 Å². The summed E-state index contributed by atoms with van der Waals surface area (Å²) in [6, 6.07) is 4.92. The predicted molar refractivity (Wildman–Crippen MR) is 83.4 cm³/mol. The van der Waals surface area contributed by atoms with Gasteiger partial charge in [0, 0.05) is 20.6 Å². The van der Waals surface area contributed by atoms with Crippen molar-refractivity contribution in [3.63, 3.8) is 0 Å². The second-order valence-corrected chi connectivity index (χ2v) is 4.95. The van der Waals surface area contributed by atoms with E-state index in [1.54, 1.807) is 18.2 Å². The smallest absolute Gasteiger partial charge is 0.338 e. The van der Waals surface area contributed by atoms with E-state index in [0.29, 0.717) is 17.8 Å². The lowest BCUT2D eigenvalue weighted by Gasteiger charge is -2.15. The van der Waals surface area contributed by atoms with Gasteiger partial charge in [-0.05, 0) is 24.6 Å². The van der Waals surface area contributed by atoms with Crippen molar-refractivity contribution in [2.75, 3.05) is 37.9 Å². The number of unbranched alkanes of at least 4 members (excludes halogenated alkanes) is 1. The number of nitrogens with zero attached hydrogens (tertiary/aromatic N) is 1. The Labute approximate surface area is 125 Å². The summed E-state index contributed by atoms with van der Waals surface area (Å²) in [5.41, 5.74) is 7.51. The van der Waals surface area contributed by atoms with Gasteiger partial charge in [0.25, 0.3) is 5.91 Å². The number of carbonyl (C=O) groups is 2. The maximum Gasteiger partial charge on any atom is 0.338 e. The second-order valence-electron chi connectivity index (χ2n) is 4.95. The number of nitrogen functional groups attached to an aromatic ring is 1. The largest absolute Gasteiger partial charge is 0.452 e. The summed E-state index contributed by atoms with van der Waals surface area (Å²) >= 11 is 0. The molecule has 0 radical (unpaired) electrons. The van der Waals surface area contributed by atoms with E-state index in [9.17, 15) is 9.59 Å². The lowest BCUT2D eigenvalue weighted by Crippen LogP contribution is -2.29. The zero-order valence-corrected chi connectivity index (χ0v) is 12.8. The fraction of sp³-hybridized carbons (Fsp3) is 0.467. The van der Waals surface area contributed by atoms with Crippen LogP contribution >= 0.6 is 0 Å². The molecule has 0 heterocycles. The van der Waals surface area contributed by atoms with E-state index in [0.717, 1.165) is 18.5 Å². The summed E-state index contributed by atoms with van der Waals surface area (Å²) in [7, 11) is 3.73. The Balaban J connectivity index is 2.52. The molecule has 0 aliphatic carbocycles. The standard InChI is InChI=1S/C15H23N3O3/c1-4-5-8-17-14(19)10-21-15(20)11-6-7-13(18(2)3)12(16)9-11/h6-7,9H,4-5,8,10,16H2,1-3H3,(H,17,19). The lowest BCUT2D eigenvalue weighted by molar-refractivity contribution is -0.124. The average Bonchev–Trinajstić information content (AvgIpc) is 2.44. The molecule has 21 heavy (non-hydrogen) atoms. The SMILES string of the molecule is CCCCNC(=O)COC(=O)c1ccc(N(C)C)c(N)c1. The van der Waals surface area contributed by atoms with Crippen LogP contribution in [-0.4, -0.2) is 39.1 Å². The number of hydrogen-bond donors (Lipinski definition) is 2. The number of hydrogen-bond acceptors (Lipinski definition) is 5. The molecule has 0 aliphatic heterocycles. The molecule has 0 saturated carbocycles. The topological polar surface area (TPSA) is 84.7 Å². The van der Waals surface area contributed by atoms with Gasteiger partial charge in [-0.2, -0.15) is 0 Å². The van der Waals surface area contributed by atoms with Gasteiger partial charge in [-0.15, -0.1) is 0 Å². The third-order valence-electron chi connectivity index (χ3n) is 2.93. The van der Waals surface area contributed by atoms with Crippen molar-refractivity contribution in [3.8, 4) is 0 Å². The average molecular weight is 293 g/mol. The van der Waals surface area contributed by atoms with Gasteiger partial charge < -0.3 is 20.7 Å². The summed E-state index contributed by atoms with van der Waals surface area (Å²) in [6.07, 6.45) is 1.90. The minimum Gasteiger partial charge on any atom is -0.452 e. The molecule has 116 valence electrons. The third kappa shape index (κ3) is 5.33. The molecule has 0 fully saturated rings. The van der Waals surface area contributed by atoms with Gasteiger partial charge in [-0.3, -0.25) is 4.79 Å². The summed E-state index contributed by atoms with van der Waals surface area (Å²) < 4.78 is 4.96. The molecule has 0 unspecified atom stereocenters. The van der Waals surface area contributed by atoms with E-state index < -0.39 is 5.97 Å². The zero-order valence-electron chi connectivity index (χ0n) is 12.8. The Morgan fingerprint density at radius 3 is 2.62 bits per heavy atom. The van der Waals surface area contributed by atoms with Crippen LogP contribution in [0.1, 0.15) is 30.1 Å². The van der Waals surface area contributed by atoms with Crippen molar-refractivity contribution in [2.45, 2.75) is 19.8 Å². The maximum absolute atomic E-state index is 11.8. The molecule has 1 rings (SSSR count). The highest BCUT2D eigenvalue weighted by molar-refractivity contribution is 5.93. The third-order valence-corrected chi connectivity index (χ3v) is 2.93. The molecule has 0 bridgehead atoms. The molecular weight excluding hydrogens is 270 g/mol. The number of benzene rings is 1. The molecular formula is C15H23N3O3. The number of nitrogens with one attached hydrogen (secondary N) is 1. The summed E-state index contributed by atoms with van der Waals surface area (Å²) in [5, 5.41) is 2.68. The van der Waals surface area contributed by atoms with Gasteiger partial charge in [0.15, 0.2) is 6.61 Å². The first-order valence-electron chi connectivity index (χ1n) is 6.96. The molecule has 0 aromatic heterocycles. The van der Waals surface area contributed by atoms with Crippen LogP contribution < -0.4 is 16.0 Å². The van der Waals surface area contributed by atoms with Crippen molar-refractivity contribution in [1.82, 2.24) is 5.32 Å². The Morgan fingerprint density at radius 1 is 1.33 bits per heavy atom. The Kier molecular flexibility index (Phi) is 6.52. The number of anilines is 2. The van der Waals surface area contributed by atoms with Crippen LogP contribution in [0.15, 0.2) is 18.2 Å². The molecule has 6 heteroatoms. The van der Waals surface area contributed by atoms with Crippen LogP contribution in [0, 0.1) is 0 Å². The van der Waals surface area contributed by atoms with Crippen molar-refractivity contribution in [2.24, 2.45) is 0 Å². The summed E-state index contributed by atoms with van der Waals surface area (Å²) in [5.74, 6) is -0.854. The van der Waals surface area contributed by atoms with Crippen LogP contribution in [0.3, 0.4) is 0 Å². The minimum atomic E-state index is -0.558. The van der Waals surface area contributed by atoms with Crippen molar-refractivity contribution >= 4 is 23.3 Å². The van der Waals surface area contributed by atoms with E-state index in [1.165, 1.54) is 0 Å². The van der Waals surface area contributed by atoms with Crippen molar-refractivity contribution in [3.05, 3.63) is 23.8 Å². The summed E-state index contributed by atoms with van der Waals surface area (Å²) in [6.45, 7) is 2.35. The van der Waals surface area contributed by atoms with Crippen molar-refractivity contribution in [1.29, 1.82) is 0 Å². The summed E-state index contributed by atoms with van der Waals surface area (Å²) in [4.78, 5) is 25.1. The van der Waals surface area contributed by atoms with Gasteiger partial charge in [0.2, 0.25) is 0 Å². The number of ether oxygens (including phenoxy) is 1. The van der Waals surface area contributed by atoms with Crippen LogP contribution in [0.5, 0.6) is 0 Å². The monoisotopic (exact) mass is 293 g/mol. The molecule has 6 nitrogen and oxygen atoms in total. The molecule has 1 aromatic rings. The van der Waals surface area contributed by atoms with Gasteiger partial charge in [-0.1, -0.05) is 13.3 Å². The highest BCUT2D eigenvalue weighted by Gasteiger charge is 2.12. The van der Waals surface area contributed by atoms with Crippen LogP contribution in [-0.2, 0) is 9.53 Å². The van der Waals surface area contributed by atoms with Gasteiger partial charge >= 0.3 is 5.97 Å². The number of amides is 1. The van der Waals surface area contributed by atoms with E-state index >= 15 is 0 Å². The number of nitrogens with two attached hydrogens (primary N) is 1. The van der Waals surface area contributed by atoms with E-state index in [2.05, 4.69) is 5.32 Å². The maximum atomic E-state index is 11.8. The molecule has 1 aromatic carbocycles. The number of rotatable bonds is 7. The first-order valence-corrected chi connectivity index (χ1v) is 6.96. The fourth-order valence-corrected chi connectivity index (χ4v) is 1.76. The normalized spacial score (nSPS) is 10.0. The molecule has 0 saturated heterocycles. The molecule has 1 amide bonds. The molecule has 3 N–H and O–H groups in total. The Bertz CT molecular complexity index is 501. The van der Waals surface area contributed by atoms with E-state index in [1.807, 2.05) is 25.9 Å². The number of carbonyl (C=O) groups excluding carboxylic acids is 2. The second kappa shape index (κ2) is 8.14. The Morgan fingerprint density at radius 2 is 2.05 bits per heavy atom. The molecule has 0 atom stereocenters. The van der Waals surface area contributed by atoms with Gasteiger partial charge in [-0.25, -0.2) is 4.79 Å². The van der Waals surface area contributed by atoms with E-state index in [-0.39, 0.29) is 12.5 Å². The molecule has 0 spiro atoms. The predicted octanol–water partition coefficient (Wildman–Crippen LogP) is 1.41. The lowest BCUT2D eigenvalue weighted by atomic mass is 10.1.